The summed E-state index contributed by atoms with van der Waals surface area (Å²) in [7, 11) is 4.03. The molecule has 0 saturated carbocycles. The maximum Gasteiger partial charge on any atom is 0.147 e. The van der Waals surface area contributed by atoms with Gasteiger partial charge in [-0.1, -0.05) is 41.4 Å². The van der Waals surface area contributed by atoms with Gasteiger partial charge in [0.25, 0.3) is 0 Å². The van der Waals surface area contributed by atoms with Crippen LogP contribution in [0.1, 0.15) is 5.56 Å². The van der Waals surface area contributed by atoms with E-state index in [0.29, 0.717) is 16.7 Å². The zero-order chi connectivity index (χ0) is 20.8. The molecule has 2 aromatic rings. The Morgan fingerprint density at radius 1 is 1.21 bits per heavy atom. The number of thioether (sulfide) groups is 1. The Kier molecular flexibility index (Phi) is 7.90. The van der Waals surface area contributed by atoms with Gasteiger partial charge >= 0.3 is 0 Å². The summed E-state index contributed by atoms with van der Waals surface area (Å²) >= 11 is 13.9. The van der Waals surface area contributed by atoms with Gasteiger partial charge in [0.2, 0.25) is 0 Å². The Morgan fingerprint density at radius 2 is 2.00 bits per heavy atom. The van der Waals surface area contributed by atoms with Crippen molar-refractivity contribution in [2.45, 2.75) is 6.04 Å². The molecule has 154 valence electrons. The highest BCUT2D eigenvalue weighted by Crippen LogP contribution is 2.36. The van der Waals surface area contributed by atoms with Crippen molar-refractivity contribution in [3.8, 4) is 5.75 Å². The van der Waals surface area contributed by atoms with Gasteiger partial charge in [0.1, 0.15) is 24.7 Å². The number of nitrogens with zero attached hydrogens (tertiary/aromatic N) is 2. The maximum absolute atomic E-state index is 12.0. The summed E-state index contributed by atoms with van der Waals surface area (Å²) in [6, 6.07) is 13.0. The number of benzene rings is 2. The number of aldehydes is 1. The quantitative estimate of drug-likeness (QED) is 0.548. The largest absolute Gasteiger partial charge is 0.492 e. The molecule has 1 aliphatic heterocycles. The Balaban J connectivity index is 1.86. The molecular weight excluding hydrogens is 427 g/mol. The topological polar surface area (TPSA) is 32.8 Å². The van der Waals surface area contributed by atoms with Crippen LogP contribution in [0, 0.1) is 0 Å². The number of rotatable bonds is 7. The van der Waals surface area contributed by atoms with E-state index in [1.54, 1.807) is 17.8 Å². The number of carbonyl (C=O) groups is 1. The molecule has 3 rings (SSSR count). The van der Waals surface area contributed by atoms with E-state index in [2.05, 4.69) is 15.9 Å². The number of carbonyl (C=O) groups excluding carboxylic acids is 1. The smallest absolute Gasteiger partial charge is 0.147 e. The predicted octanol–water partition coefficient (Wildman–Crippen LogP) is 5.10. The van der Waals surface area contributed by atoms with E-state index in [1.165, 1.54) is 0 Å². The molecule has 7 heteroatoms. The fraction of sp³-hybridized carbons (Fsp3) is 0.318. The first-order chi connectivity index (χ1) is 14.0. The van der Waals surface area contributed by atoms with E-state index < -0.39 is 0 Å². The third-order valence-electron chi connectivity index (χ3n) is 4.60. The minimum atomic E-state index is -0.374. The molecule has 0 radical (unpaired) electrons. The van der Waals surface area contributed by atoms with Crippen LogP contribution in [0.4, 0.5) is 5.69 Å². The van der Waals surface area contributed by atoms with E-state index in [1.807, 2.05) is 50.5 Å². The number of hydrogen-bond donors (Lipinski definition) is 0. The van der Waals surface area contributed by atoms with Gasteiger partial charge in [-0.15, -0.1) is 11.8 Å². The lowest BCUT2D eigenvalue weighted by molar-refractivity contribution is -0.108. The van der Waals surface area contributed by atoms with E-state index in [9.17, 15) is 4.79 Å². The highest BCUT2D eigenvalue weighted by atomic mass is 35.5. The van der Waals surface area contributed by atoms with Crippen molar-refractivity contribution >= 4 is 53.0 Å². The number of para-hydroxylation sites is 1. The van der Waals surface area contributed by atoms with Gasteiger partial charge in [-0.25, -0.2) is 0 Å². The maximum atomic E-state index is 12.0. The highest BCUT2D eigenvalue weighted by Gasteiger charge is 2.27. The number of hydrogen-bond acceptors (Lipinski definition) is 5. The Morgan fingerprint density at radius 3 is 2.72 bits per heavy atom. The third-order valence-corrected chi connectivity index (χ3v) is 6.42. The molecular formula is C22H24Cl2N2O2S. The SMILES string of the molecule is CN(C)CCOc1ccccc1C=C1SCCN(c2ccc(Cl)c(Cl)c2)C1C=O. The summed E-state index contributed by atoms with van der Waals surface area (Å²) in [6.07, 6.45) is 3.04. The molecule has 2 aromatic carbocycles. The fourth-order valence-electron chi connectivity index (χ4n) is 3.08. The molecule has 0 amide bonds. The highest BCUT2D eigenvalue weighted by molar-refractivity contribution is 8.03. The van der Waals surface area contributed by atoms with Gasteiger partial charge in [0, 0.05) is 35.0 Å². The first-order valence-electron chi connectivity index (χ1n) is 9.37. The third kappa shape index (κ3) is 5.70. The van der Waals surface area contributed by atoms with E-state index >= 15 is 0 Å². The average molecular weight is 451 g/mol. The Labute approximate surface area is 186 Å². The molecule has 0 aromatic heterocycles. The average Bonchev–Trinajstić information content (AvgIpc) is 2.71. The van der Waals surface area contributed by atoms with Crippen LogP contribution in [0.2, 0.25) is 10.0 Å². The number of anilines is 1. The van der Waals surface area contributed by atoms with Crippen LogP contribution in [-0.4, -0.2) is 56.8 Å². The lowest BCUT2D eigenvalue weighted by Crippen LogP contribution is -2.42. The summed E-state index contributed by atoms with van der Waals surface area (Å²) in [5.41, 5.74) is 1.86. The van der Waals surface area contributed by atoms with Crippen LogP contribution >= 0.6 is 35.0 Å². The van der Waals surface area contributed by atoms with Crippen LogP contribution in [0.25, 0.3) is 6.08 Å². The first kappa shape index (κ1) is 22.0. The molecule has 0 N–H and O–H groups in total. The second-order valence-electron chi connectivity index (χ2n) is 6.96. The molecule has 1 aliphatic rings. The molecule has 4 nitrogen and oxygen atoms in total. The fourth-order valence-corrected chi connectivity index (χ4v) is 4.46. The molecule has 1 fully saturated rings. The summed E-state index contributed by atoms with van der Waals surface area (Å²) in [5.74, 6) is 1.69. The zero-order valence-corrected chi connectivity index (χ0v) is 18.8. The number of ether oxygens (including phenoxy) is 1. The van der Waals surface area contributed by atoms with Crippen molar-refractivity contribution in [3.05, 3.63) is 63.0 Å². The molecule has 0 aliphatic carbocycles. The van der Waals surface area contributed by atoms with Crippen LogP contribution in [0.5, 0.6) is 5.75 Å². The molecule has 1 atom stereocenters. The second-order valence-corrected chi connectivity index (χ2v) is 8.94. The Hall–Kier alpha value is -1.66. The monoisotopic (exact) mass is 450 g/mol. The van der Waals surface area contributed by atoms with Crippen molar-refractivity contribution in [1.29, 1.82) is 0 Å². The molecule has 1 saturated heterocycles. The van der Waals surface area contributed by atoms with Crippen LogP contribution in [0.15, 0.2) is 47.4 Å². The van der Waals surface area contributed by atoms with Crippen LogP contribution in [0.3, 0.4) is 0 Å². The predicted molar refractivity (Wildman–Crippen MR) is 125 cm³/mol. The summed E-state index contributed by atoms with van der Waals surface area (Å²) in [6.45, 7) is 2.19. The van der Waals surface area contributed by atoms with E-state index in [4.69, 9.17) is 27.9 Å². The second kappa shape index (κ2) is 10.4. The van der Waals surface area contributed by atoms with Crippen LogP contribution < -0.4 is 9.64 Å². The van der Waals surface area contributed by atoms with Crippen molar-refractivity contribution in [2.75, 3.05) is 44.4 Å². The summed E-state index contributed by atoms with van der Waals surface area (Å²) < 4.78 is 5.97. The van der Waals surface area contributed by atoms with Gasteiger partial charge in [-0.05, 0) is 44.4 Å². The molecule has 0 spiro atoms. The van der Waals surface area contributed by atoms with Gasteiger partial charge in [-0.2, -0.15) is 0 Å². The van der Waals surface area contributed by atoms with Crippen LogP contribution in [-0.2, 0) is 4.79 Å². The van der Waals surface area contributed by atoms with E-state index in [-0.39, 0.29) is 6.04 Å². The summed E-state index contributed by atoms with van der Waals surface area (Å²) in [4.78, 5) is 17.2. The van der Waals surface area contributed by atoms with Crippen molar-refractivity contribution in [1.82, 2.24) is 4.90 Å². The summed E-state index contributed by atoms with van der Waals surface area (Å²) in [5, 5.41) is 0.987. The van der Waals surface area contributed by atoms with Crippen molar-refractivity contribution in [2.24, 2.45) is 0 Å². The molecule has 1 heterocycles. The van der Waals surface area contributed by atoms with Gasteiger partial charge in [0.05, 0.1) is 10.0 Å². The van der Waals surface area contributed by atoms with Crippen molar-refractivity contribution < 1.29 is 9.53 Å². The van der Waals surface area contributed by atoms with Gasteiger partial charge < -0.3 is 19.3 Å². The van der Waals surface area contributed by atoms with Gasteiger partial charge in [0.15, 0.2) is 0 Å². The first-order valence-corrected chi connectivity index (χ1v) is 11.1. The normalized spacial score (nSPS) is 18.3. The van der Waals surface area contributed by atoms with E-state index in [0.717, 1.165) is 47.0 Å². The Bertz CT molecular complexity index is 889. The number of likely N-dealkylation sites (N-methyl/N-ethyl adjacent to an activating group) is 1. The minimum Gasteiger partial charge on any atom is -0.492 e. The molecule has 1 unspecified atom stereocenters. The zero-order valence-electron chi connectivity index (χ0n) is 16.5. The minimum absolute atomic E-state index is 0.374. The lowest BCUT2D eigenvalue weighted by atomic mass is 10.1. The van der Waals surface area contributed by atoms with Crippen molar-refractivity contribution in [3.63, 3.8) is 0 Å². The van der Waals surface area contributed by atoms with Gasteiger partial charge in [-0.3, -0.25) is 0 Å². The standard InChI is InChI=1S/C22H24Cl2N2O2S/c1-25(2)9-11-28-21-6-4-3-5-16(21)13-22-20(15-27)26(10-12-29-22)17-7-8-18(23)19(24)14-17/h3-8,13-15,20H,9-12H2,1-2H3. The molecule has 0 bridgehead atoms. The number of halogens is 2. The molecule has 29 heavy (non-hydrogen) atoms. The lowest BCUT2D eigenvalue weighted by Gasteiger charge is -2.36.